The van der Waals surface area contributed by atoms with Crippen molar-refractivity contribution in [1.82, 2.24) is 30.7 Å². The number of amides is 2. The Morgan fingerprint density at radius 1 is 1.06 bits per heavy atom. The number of hydrogen-bond acceptors (Lipinski definition) is 6. The number of carbonyl (C=O) groups excluding carboxylic acids is 2. The summed E-state index contributed by atoms with van der Waals surface area (Å²) >= 11 is 0. The average Bonchev–Trinajstić information content (AvgIpc) is 3.58. The Morgan fingerprint density at radius 3 is 2.69 bits per heavy atom. The highest BCUT2D eigenvalue weighted by Gasteiger charge is 2.22. The van der Waals surface area contributed by atoms with Crippen molar-refractivity contribution < 1.29 is 14.1 Å². The third-order valence-electron chi connectivity index (χ3n) is 6.19. The topological polar surface area (TPSA) is 126 Å². The molecule has 0 aliphatic heterocycles. The summed E-state index contributed by atoms with van der Waals surface area (Å²) in [7, 11) is 1.64. The number of nitrogens with zero attached hydrogens (tertiary/aromatic N) is 3. The van der Waals surface area contributed by atoms with Crippen molar-refractivity contribution in [3.8, 4) is 11.3 Å². The first-order valence-electron chi connectivity index (χ1n) is 12.3. The van der Waals surface area contributed by atoms with Crippen LogP contribution in [0.4, 0.5) is 0 Å². The lowest BCUT2D eigenvalue weighted by Crippen LogP contribution is -2.29. The van der Waals surface area contributed by atoms with Gasteiger partial charge in [0.2, 0.25) is 5.91 Å². The molecule has 0 unspecified atom stereocenters. The molecule has 0 saturated heterocycles. The lowest BCUT2D eigenvalue weighted by molar-refractivity contribution is -0.120. The van der Waals surface area contributed by atoms with Crippen molar-refractivity contribution in [2.45, 2.75) is 57.9 Å². The van der Waals surface area contributed by atoms with Crippen LogP contribution < -0.4 is 10.6 Å². The molecule has 0 aliphatic rings. The van der Waals surface area contributed by atoms with Crippen LogP contribution in [0.2, 0.25) is 0 Å². The van der Waals surface area contributed by atoms with Gasteiger partial charge in [-0.2, -0.15) is 0 Å². The van der Waals surface area contributed by atoms with Crippen LogP contribution in [-0.2, 0) is 4.79 Å². The number of rotatable bonds is 11. The minimum atomic E-state index is -0.340. The SMILES string of the molecule is CNC(=O)CCCCC[C@H](NC(=O)c1cc(C(C)C)on1)c1ncc(-c2ccc3ccncc3c2)[nH]1. The smallest absolute Gasteiger partial charge is 0.274 e. The Balaban J connectivity index is 1.50. The van der Waals surface area contributed by atoms with E-state index >= 15 is 0 Å². The third-order valence-corrected chi connectivity index (χ3v) is 6.19. The number of H-pyrrole nitrogens is 1. The second kappa shape index (κ2) is 11.6. The van der Waals surface area contributed by atoms with Gasteiger partial charge in [0.1, 0.15) is 11.6 Å². The van der Waals surface area contributed by atoms with E-state index in [2.05, 4.69) is 42.9 Å². The second-order valence-corrected chi connectivity index (χ2v) is 9.19. The molecule has 4 rings (SSSR count). The number of imidazole rings is 1. The predicted molar refractivity (Wildman–Crippen MR) is 137 cm³/mol. The summed E-state index contributed by atoms with van der Waals surface area (Å²) in [6.07, 6.45) is 9.04. The first-order chi connectivity index (χ1) is 17.4. The van der Waals surface area contributed by atoms with E-state index in [0.717, 1.165) is 41.3 Å². The molecule has 0 fully saturated rings. The summed E-state index contributed by atoms with van der Waals surface area (Å²) in [6.45, 7) is 3.97. The van der Waals surface area contributed by atoms with Crippen LogP contribution in [0.25, 0.3) is 22.0 Å². The fourth-order valence-corrected chi connectivity index (χ4v) is 4.03. The Hall–Kier alpha value is -4.01. The Bertz CT molecular complexity index is 1330. The van der Waals surface area contributed by atoms with Gasteiger partial charge in [0.25, 0.3) is 5.91 Å². The van der Waals surface area contributed by atoms with E-state index in [1.54, 1.807) is 25.5 Å². The summed E-state index contributed by atoms with van der Waals surface area (Å²) in [4.78, 5) is 36.7. The first kappa shape index (κ1) is 25.1. The van der Waals surface area contributed by atoms with E-state index in [1.165, 1.54) is 0 Å². The Labute approximate surface area is 210 Å². The molecule has 2 amide bonds. The molecule has 3 N–H and O–H groups in total. The number of aromatic amines is 1. The number of pyridine rings is 1. The molecule has 188 valence electrons. The summed E-state index contributed by atoms with van der Waals surface area (Å²) in [5.41, 5.74) is 2.10. The van der Waals surface area contributed by atoms with E-state index in [4.69, 9.17) is 4.52 Å². The van der Waals surface area contributed by atoms with Crippen LogP contribution in [0.5, 0.6) is 0 Å². The highest BCUT2D eigenvalue weighted by atomic mass is 16.5. The second-order valence-electron chi connectivity index (χ2n) is 9.19. The zero-order chi connectivity index (χ0) is 25.5. The summed E-state index contributed by atoms with van der Waals surface area (Å²) < 4.78 is 5.30. The van der Waals surface area contributed by atoms with Crippen molar-refractivity contribution in [3.05, 3.63) is 66.2 Å². The summed E-state index contributed by atoms with van der Waals surface area (Å²) in [5, 5.41) is 11.8. The molecule has 3 aromatic heterocycles. The van der Waals surface area contributed by atoms with E-state index in [0.29, 0.717) is 24.4 Å². The van der Waals surface area contributed by atoms with Crippen LogP contribution in [0, 0.1) is 0 Å². The molecule has 9 heteroatoms. The maximum atomic E-state index is 13.0. The minimum Gasteiger partial charge on any atom is -0.360 e. The molecule has 36 heavy (non-hydrogen) atoms. The van der Waals surface area contributed by atoms with Gasteiger partial charge in [0, 0.05) is 48.8 Å². The molecule has 0 spiro atoms. The minimum absolute atomic E-state index is 0.0353. The van der Waals surface area contributed by atoms with Gasteiger partial charge in [0.05, 0.1) is 17.9 Å². The average molecular weight is 489 g/mol. The molecule has 4 aromatic rings. The molecule has 1 atom stereocenters. The third kappa shape index (κ3) is 6.16. The molecular formula is C27H32N6O3. The van der Waals surface area contributed by atoms with E-state index in [1.807, 2.05) is 32.2 Å². The fourth-order valence-electron chi connectivity index (χ4n) is 4.03. The van der Waals surface area contributed by atoms with Crippen molar-refractivity contribution in [1.29, 1.82) is 0 Å². The van der Waals surface area contributed by atoms with Gasteiger partial charge in [-0.25, -0.2) is 4.98 Å². The standard InChI is InChI=1S/C27H32N6O3/c1-17(2)24-14-22(33-36-24)27(35)32-21(7-5-4-6-8-25(34)28-3)26-30-16-23(31-26)19-10-9-18-11-12-29-15-20(18)13-19/h9-17,21H,4-8H2,1-3H3,(H,28,34)(H,30,31)(H,32,35)/t21-/m0/s1. The summed E-state index contributed by atoms with van der Waals surface area (Å²) in [5.74, 6) is 1.20. The normalized spacial score (nSPS) is 12.1. The van der Waals surface area contributed by atoms with Crippen molar-refractivity contribution in [2.24, 2.45) is 0 Å². The van der Waals surface area contributed by atoms with Crippen LogP contribution in [-0.4, -0.2) is 39.0 Å². The van der Waals surface area contributed by atoms with Gasteiger partial charge in [-0.15, -0.1) is 0 Å². The largest absolute Gasteiger partial charge is 0.360 e. The van der Waals surface area contributed by atoms with E-state index in [-0.39, 0.29) is 29.5 Å². The monoisotopic (exact) mass is 488 g/mol. The van der Waals surface area contributed by atoms with Crippen molar-refractivity contribution >= 4 is 22.6 Å². The Morgan fingerprint density at radius 2 is 1.92 bits per heavy atom. The number of unbranched alkanes of at least 4 members (excludes halogenated alkanes) is 2. The number of fused-ring (bicyclic) bond motifs is 1. The van der Waals surface area contributed by atoms with Crippen molar-refractivity contribution in [2.75, 3.05) is 7.05 Å². The lowest BCUT2D eigenvalue weighted by Gasteiger charge is -2.16. The highest BCUT2D eigenvalue weighted by Crippen LogP contribution is 2.26. The number of hydrogen-bond donors (Lipinski definition) is 3. The molecule has 0 bridgehead atoms. The molecule has 9 nitrogen and oxygen atoms in total. The van der Waals surface area contributed by atoms with Gasteiger partial charge in [-0.1, -0.05) is 44.0 Å². The van der Waals surface area contributed by atoms with E-state index < -0.39 is 0 Å². The number of benzene rings is 1. The zero-order valence-corrected chi connectivity index (χ0v) is 20.9. The Kier molecular flexibility index (Phi) is 8.10. The van der Waals surface area contributed by atoms with Gasteiger partial charge >= 0.3 is 0 Å². The molecular weight excluding hydrogens is 456 g/mol. The fraction of sp³-hybridized carbons (Fsp3) is 0.370. The van der Waals surface area contributed by atoms with Crippen LogP contribution in [0.3, 0.4) is 0 Å². The summed E-state index contributed by atoms with van der Waals surface area (Å²) in [6, 6.07) is 9.46. The maximum absolute atomic E-state index is 13.0. The number of aromatic nitrogens is 4. The first-order valence-corrected chi connectivity index (χ1v) is 12.3. The molecule has 0 aliphatic carbocycles. The number of nitrogens with one attached hydrogen (secondary N) is 3. The van der Waals surface area contributed by atoms with Gasteiger partial charge in [-0.05, 0) is 30.4 Å². The van der Waals surface area contributed by atoms with Gasteiger partial charge < -0.3 is 20.1 Å². The van der Waals surface area contributed by atoms with Crippen LogP contribution >= 0.6 is 0 Å². The van der Waals surface area contributed by atoms with Gasteiger partial charge in [-0.3, -0.25) is 14.6 Å². The maximum Gasteiger partial charge on any atom is 0.274 e. The molecule has 0 saturated carbocycles. The van der Waals surface area contributed by atoms with E-state index in [9.17, 15) is 9.59 Å². The molecule has 1 aromatic carbocycles. The number of carbonyl (C=O) groups is 2. The van der Waals surface area contributed by atoms with Gasteiger partial charge in [0.15, 0.2) is 5.69 Å². The lowest BCUT2D eigenvalue weighted by atomic mass is 10.1. The zero-order valence-electron chi connectivity index (χ0n) is 20.9. The highest BCUT2D eigenvalue weighted by molar-refractivity contribution is 5.92. The van der Waals surface area contributed by atoms with Crippen LogP contribution in [0.15, 0.2) is 53.4 Å². The predicted octanol–water partition coefficient (Wildman–Crippen LogP) is 4.90. The van der Waals surface area contributed by atoms with Crippen LogP contribution in [0.1, 0.15) is 80.0 Å². The molecule has 3 heterocycles. The van der Waals surface area contributed by atoms with Crippen molar-refractivity contribution in [3.63, 3.8) is 0 Å². The quantitative estimate of drug-likeness (QED) is 0.258. The molecule has 0 radical (unpaired) electrons.